The highest BCUT2D eigenvalue weighted by atomic mass is 14.5. The van der Waals surface area contributed by atoms with Gasteiger partial charge in [0, 0.05) is 37.9 Å². The lowest BCUT2D eigenvalue weighted by Crippen LogP contribution is -2.26. The van der Waals surface area contributed by atoms with Crippen LogP contribution in [0, 0.1) is 13.8 Å². The van der Waals surface area contributed by atoms with Gasteiger partial charge in [0.1, 0.15) is 0 Å². The summed E-state index contributed by atoms with van der Waals surface area (Å²) in [4.78, 5) is 0. The molecule has 0 amide bonds. The van der Waals surface area contributed by atoms with E-state index < -0.39 is 0 Å². The molecule has 0 heteroatoms. The molecule has 0 spiro atoms. The van der Waals surface area contributed by atoms with E-state index in [1.165, 1.54) is 321 Å². The maximum absolute atomic E-state index is 2.81. The van der Waals surface area contributed by atoms with Gasteiger partial charge < -0.3 is 0 Å². The molecule has 0 heterocycles. The zero-order valence-corrected chi connectivity index (χ0v) is 79.0. The van der Waals surface area contributed by atoms with E-state index in [4.69, 9.17) is 0 Å². The van der Waals surface area contributed by atoms with Gasteiger partial charge in [-0.3, -0.25) is 0 Å². The highest BCUT2D eigenvalue weighted by Gasteiger charge is 2.50. The van der Waals surface area contributed by atoms with Crippen LogP contribution in [0.5, 0.6) is 0 Å². The molecule has 0 fully saturated rings. The molecule has 129 heavy (non-hydrogen) atoms. The summed E-state index contributed by atoms with van der Waals surface area (Å²) < 4.78 is 0. The highest BCUT2D eigenvalue weighted by molar-refractivity contribution is 6.12. The van der Waals surface area contributed by atoms with Gasteiger partial charge in [-0.1, -0.05) is 380 Å². The second kappa shape index (κ2) is 29.5. The lowest BCUT2D eigenvalue weighted by molar-refractivity contribution is 0.398. The summed E-state index contributed by atoms with van der Waals surface area (Å²) in [6.45, 7) is 38.9. The molecule has 0 unspecified atom stereocenters. The Labute approximate surface area is 767 Å². The first kappa shape index (κ1) is 81.5. The van der Waals surface area contributed by atoms with E-state index in [0.29, 0.717) is 0 Å². The van der Waals surface area contributed by atoms with Crippen LogP contribution in [-0.2, 0) is 37.9 Å². The van der Waals surface area contributed by atoms with Gasteiger partial charge in [0.15, 0.2) is 0 Å². The van der Waals surface area contributed by atoms with E-state index in [9.17, 15) is 0 Å². The van der Waals surface area contributed by atoms with Crippen molar-refractivity contribution in [1.29, 1.82) is 0 Å². The number of benzene rings is 16. The highest BCUT2D eigenvalue weighted by Crippen LogP contribution is 2.66. The number of rotatable bonds is 20. The second-order valence-electron chi connectivity index (χ2n) is 43.3. The van der Waals surface area contributed by atoms with Gasteiger partial charge in [0.05, 0.1) is 0 Å². The average Bonchev–Trinajstić information content (AvgIpc) is 1.51. The molecule has 0 aliphatic heterocycles. The molecule has 0 radical (unpaired) electrons. The van der Waals surface area contributed by atoms with E-state index in [1.54, 1.807) is 11.1 Å². The van der Waals surface area contributed by atoms with Crippen LogP contribution < -0.4 is 0 Å². The third kappa shape index (κ3) is 12.0. The van der Waals surface area contributed by atoms with Crippen molar-refractivity contribution in [2.75, 3.05) is 0 Å². The molecule has 638 valence electrons. The molecule has 0 bridgehead atoms. The van der Waals surface area contributed by atoms with Crippen molar-refractivity contribution < 1.29 is 0 Å². The average molecular weight is 1670 g/mol. The first-order chi connectivity index (χ1) is 62.2. The van der Waals surface area contributed by atoms with Crippen LogP contribution in [0.15, 0.2) is 279 Å². The molecule has 0 nitrogen and oxygen atoms in total. The Balaban J connectivity index is 0.583. The monoisotopic (exact) mass is 1670 g/mol. The molecule has 0 aromatic heterocycles. The van der Waals surface area contributed by atoms with Crippen molar-refractivity contribution in [3.63, 3.8) is 0 Å². The van der Waals surface area contributed by atoms with Crippen LogP contribution in [-0.4, -0.2) is 0 Å². The molecule has 16 aromatic rings. The SMILES string of the molecule is CCCCCCCCC1(CCCCCCCC)c2cc3c(cc2-c2cc4c(cc21)-c1c(cc(-c2ccc(-c5ccc6c(c5)C(C)(C)c5cc(-c7ccc8c(c7)C(C)(C)c7ccccc7-8)ccc5-6)c(C)c2)c2ccccc12)C4(C)C)C(C)(C)c1cc(-c2ccc(-c4ccc5c(c4)C(C)(C)c4cc(-c6ccc7c(c6)C(C)(C)c6ccccc6-7)ccc4-5)c(C)c2)c2ccccc2c1-3. The standard InChI is InChI=1S/C129H122/c1-17-19-21-23-25-35-61-129(62-36-26-24-22-20-18-2)117-75-105-115(127(13,14)119-71-101(89-37-27-29-41-99(89)121(105)119)83-49-53-87(77(3)63-83)85-51-59-97-95-57-47-81(67-111(95)125(9,10)113(97)69-85)79-45-55-93-91-39-31-33-43-107(91)123(5,6)109(93)65-79)73-103(117)104-74-116-106(76-118(104)129)122-100-42-30-28-38-90(100)102(72-120(122)128(116,15)16)84-50-54-88(78(4)64-84)86-52-60-98-96-58-48-82(68-112(96)126(11,12)114(98)70-86)80-46-56-94-92-40-32-34-44-108(92)124(7,8)110(94)66-80/h27-34,37-60,63-76H,17-26,35-36,61-62H2,1-16H3. The summed E-state index contributed by atoms with van der Waals surface area (Å²) in [5.41, 5.74) is 56.8. The summed E-state index contributed by atoms with van der Waals surface area (Å²) in [7, 11) is 0. The Kier molecular flexibility index (Phi) is 18.7. The molecular formula is C129H122. The van der Waals surface area contributed by atoms with Crippen LogP contribution in [0.3, 0.4) is 0 Å². The van der Waals surface area contributed by atoms with Crippen LogP contribution >= 0.6 is 0 Å². The van der Waals surface area contributed by atoms with Crippen LogP contribution in [0.25, 0.3) is 166 Å². The molecule has 23 rings (SSSR count). The summed E-state index contributed by atoms with van der Waals surface area (Å²) in [5, 5.41) is 5.38. The number of fused-ring (bicyclic) bond motifs is 25. The largest absolute Gasteiger partial charge is 0.0654 e. The minimum absolute atomic E-state index is 0.0488. The molecule has 7 aliphatic rings. The minimum Gasteiger partial charge on any atom is -0.0654 e. The first-order valence-corrected chi connectivity index (χ1v) is 49.0. The van der Waals surface area contributed by atoms with Crippen LogP contribution in [0.1, 0.15) is 276 Å². The Bertz CT molecular complexity index is 7020. The van der Waals surface area contributed by atoms with E-state index in [2.05, 4.69) is 390 Å². The van der Waals surface area contributed by atoms with Crippen molar-refractivity contribution in [2.24, 2.45) is 0 Å². The van der Waals surface area contributed by atoms with E-state index in [1.807, 2.05) is 0 Å². The van der Waals surface area contributed by atoms with E-state index in [-0.39, 0.29) is 37.9 Å². The fraction of sp³-hybridized carbons (Fsp3) is 0.287. The summed E-state index contributed by atoms with van der Waals surface area (Å²) >= 11 is 0. The maximum Gasteiger partial charge on any atom is 0.0215 e. The van der Waals surface area contributed by atoms with Crippen LogP contribution in [0.4, 0.5) is 0 Å². The van der Waals surface area contributed by atoms with Gasteiger partial charge >= 0.3 is 0 Å². The molecule has 0 atom stereocenters. The molecule has 16 aromatic carbocycles. The summed E-state index contributed by atoms with van der Waals surface area (Å²) in [6, 6.07) is 112. The summed E-state index contributed by atoms with van der Waals surface area (Å²) in [6.07, 6.45) is 17.7. The van der Waals surface area contributed by atoms with Crippen molar-refractivity contribution in [3.05, 3.63) is 368 Å². The minimum atomic E-state index is -0.276. The number of unbranched alkanes of at least 4 members (excludes halogenated alkanes) is 10. The normalized spacial score (nSPS) is 16.2. The predicted octanol–water partition coefficient (Wildman–Crippen LogP) is 36.2. The maximum atomic E-state index is 2.81. The van der Waals surface area contributed by atoms with Crippen molar-refractivity contribution >= 4 is 21.5 Å². The second-order valence-corrected chi connectivity index (χ2v) is 43.3. The molecule has 7 aliphatic carbocycles. The van der Waals surface area contributed by atoms with Gasteiger partial charge in [-0.05, 0) is 355 Å². The van der Waals surface area contributed by atoms with E-state index in [0.717, 1.165) is 12.8 Å². The lowest BCUT2D eigenvalue weighted by atomic mass is 9.69. The molecule has 0 N–H and O–H groups in total. The van der Waals surface area contributed by atoms with Crippen molar-refractivity contribution in [2.45, 2.75) is 239 Å². The smallest absolute Gasteiger partial charge is 0.0215 e. The zero-order valence-electron chi connectivity index (χ0n) is 79.0. The van der Waals surface area contributed by atoms with Crippen LogP contribution in [0.2, 0.25) is 0 Å². The number of hydrogen-bond donors (Lipinski definition) is 0. The fourth-order valence-corrected chi connectivity index (χ4v) is 26.4. The number of aryl methyl sites for hydroxylation is 2. The third-order valence-corrected chi connectivity index (χ3v) is 33.8. The molecule has 0 saturated carbocycles. The quantitative estimate of drug-likeness (QED) is 0.0667. The zero-order chi connectivity index (χ0) is 88.5. The summed E-state index contributed by atoms with van der Waals surface area (Å²) in [5.74, 6) is 0. The topological polar surface area (TPSA) is 0 Å². The van der Waals surface area contributed by atoms with Gasteiger partial charge in [0.2, 0.25) is 0 Å². The van der Waals surface area contributed by atoms with Gasteiger partial charge in [-0.25, -0.2) is 0 Å². The Morgan fingerprint density at radius 2 is 0.411 bits per heavy atom. The predicted molar refractivity (Wildman–Crippen MR) is 551 cm³/mol. The molecule has 0 saturated heterocycles. The van der Waals surface area contributed by atoms with Crippen molar-refractivity contribution in [1.82, 2.24) is 0 Å². The fourth-order valence-electron chi connectivity index (χ4n) is 26.4. The third-order valence-electron chi connectivity index (χ3n) is 33.8. The first-order valence-electron chi connectivity index (χ1n) is 49.0. The van der Waals surface area contributed by atoms with Crippen molar-refractivity contribution in [3.8, 4) is 145 Å². The Morgan fingerprint density at radius 3 is 0.752 bits per heavy atom. The molecular weight excluding hydrogens is 1550 g/mol. The number of hydrogen-bond acceptors (Lipinski definition) is 0. The van der Waals surface area contributed by atoms with Gasteiger partial charge in [-0.15, -0.1) is 0 Å². The Hall–Kier alpha value is -12.0. The van der Waals surface area contributed by atoms with Gasteiger partial charge in [0.25, 0.3) is 0 Å². The lowest BCUT2D eigenvalue weighted by Gasteiger charge is -2.34. The van der Waals surface area contributed by atoms with E-state index >= 15 is 0 Å². The van der Waals surface area contributed by atoms with Gasteiger partial charge in [-0.2, -0.15) is 0 Å². The Morgan fingerprint density at radius 1 is 0.171 bits per heavy atom.